The van der Waals surface area contributed by atoms with Crippen molar-refractivity contribution in [3.8, 4) is 5.75 Å². The largest absolute Gasteiger partial charge is 0.497 e. The minimum atomic E-state index is -0.249. The van der Waals surface area contributed by atoms with E-state index in [9.17, 15) is 4.79 Å². The van der Waals surface area contributed by atoms with E-state index in [4.69, 9.17) is 9.47 Å². The number of carbonyl (C=O) groups excluding carboxylic acids is 1. The molecule has 1 saturated carbocycles. The van der Waals surface area contributed by atoms with Crippen LogP contribution in [-0.4, -0.2) is 31.7 Å². The first-order valence-corrected chi connectivity index (χ1v) is 6.01. The standard InChI is InChI=1S/C13H18N2O3/c1-17-8-6-13(4-5-13)12(16)15-11-9-10(18-2)3-7-14-11/h3,7,9H,4-6,8H2,1-2H3,(H,14,15,16). The molecule has 1 aromatic rings. The fourth-order valence-electron chi connectivity index (χ4n) is 1.89. The molecule has 1 fully saturated rings. The molecule has 98 valence electrons. The Morgan fingerprint density at radius 1 is 1.50 bits per heavy atom. The third-order valence-corrected chi connectivity index (χ3v) is 3.33. The van der Waals surface area contributed by atoms with E-state index in [0.29, 0.717) is 18.2 Å². The number of amides is 1. The van der Waals surface area contributed by atoms with E-state index in [0.717, 1.165) is 19.3 Å². The Kier molecular flexibility index (Phi) is 3.81. The SMILES string of the molecule is COCCC1(C(=O)Nc2cc(OC)ccn2)CC1. The third kappa shape index (κ3) is 2.79. The Bertz CT molecular complexity index is 430. The lowest BCUT2D eigenvalue weighted by Crippen LogP contribution is -2.25. The number of pyridine rings is 1. The summed E-state index contributed by atoms with van der Waals surface area (Å²) in [6, 6.07) is 3.46. The Labute approximate surface area is 107 Å². The van der Waals surface area contributed by atoms with E-state index in [1.807, 2.05) is 0 Å². The van der Waals surface area contributed by atoms with Crippen LogP contribution in [0.5, 0.6) is 5.75 Å². The molecule has 1 aliphatic rings. The van der Waals surface area contributed by atoms with E-state index in [1.54, 1.807) is 32.5 Å². The maximum absolute atomic E-state index is 12.2. The number of anilines is 1. The van der Waals surface area contributed by atoms with Crippen molar-refractivity contribution in [1.29, 1.82) is 0 Å². The van der Waals surface area contributed by atoms with Gasteiger partial charge in [0.25, 0.3) is 0 Å². The van der Waals surface area contributed by atoms with Gasteiger partial charge in [0.1, 0.15) is 11.6 Å². The average Bonchev–Trinajstić information content (AvgIpc) is 3.18. The maximum Gasteiger partial charge on any atom is 0.231 e. The second-order valence-electron chi connectivity index (χ2n) is 4.56. The number of carbonyl (C=O) groups is 1. The molecule has 1 heterocycles. The average molecular weight is 250 g/mol. The number of rotatable bonds is 6. The minimum absolute atomic E-state index is 0.0281. The molecule has 0 atom stereocenters. The molecule has 1 amide bonds. The summed E-state index contributed by atoms with van der Waals surface area (Å²) in [5, 5.41) is 2.84. The van der Waals surface area contributed by atoms with Crippen molar-refractivity contribution >= 4 is 11.7 Å². The van der Waals surface area contributed by atoms with Crippen LogP contribution in [0.15, 0.2) is 18.3 Å². The lowest BCUT2D eigenvalue weighted by atomic mass is 10.0. The van der Waals surface area contributed by atoms with Crippen molar-refractivity contribution < 1.29 is 14.3 Å². The highest BCUT2D eigenvalue weighted by Crippen LogP contribution is 2.49. The Hall–Kier alpha value is -1.62. The van der Waals surface area contributed by atoms with Crippen molar-refractivity contribution in [2.24, 2.45) is 5.41 Å². The fourth-order valence-corrected chi connectivity index (χ4v) is 1.89. The fraction of sp³-hybridized carbons (Fsp3) is 0.538. The predicted octanol–water partition coefficient (Wildman–Crippen LogP) is 1.85. The summed E-state index contributed by atoms with van der Waals surface area (Å²) >= 11 is 0. The highest BCUT2D eigenvalue weighted by atomic mass is 16.5. The van der Waals surface area contributed by atoms with E-state index >= 15 is 0 Å². The quantitative estimate of drug-likeness (QED) is 0.837. The van der Waals surface area contributed by atoms with E-state index in [-0.39, 0.29) is 11.3 Å². The van der Waals surface area contributed by atoms with Gasteiger partial charge >= 0.3 is 0 Å². The zero-order valence-corrected chi connectivity index (χ0v) is 10.7. The normalized spacial score (nSPS) is 16.1. The number of aromatic nitrogens is 1. The molecule has 2 rings (SSSR count). The molecule has 0 radical (unpaired) electrons. The molecular weight excluding hydrogens is 232 g/mol. The number of hydrogen-bond donors (Lipinski definition) is 1. The summed E-state index contributed by atoms with van der Waals surface area (Å²) in [7, 11) is 3.24. The highest BCUT2D eigenvalue weighted by molar-refractivity contribution is 5.96. The Balaban J connectivity index is 1.98. The van der Waals surface area contributed by atoms with E-state index in [1.165, 1.54) is 0 Å². The molecule has 1 aromatic heterocycles. The van der Waals surface area contributed by atoms with Gasteiger partial charge in [-0.15, -0.1) is 0 Å². The highest BCUT2D eigenvalue weighted by Gasteiger charge is 2.49. The molecule has 5 nitrogen and oxygen atoms in total. The topological polar surface area (TPSA) is 60.5 Å². The van der Waals surface area contributed by atoms with Crippen LogP contribution in [0.3, 0.4) is 0 Å². The molecule has 0 unspecified atom stereocenters. The first-order valence-electron chi connectivity index (χ1n) is 6.01. The summed E-state index contributed by atoms with van der Waals surface area (Å²) in [6.07, 6.45) is 4.22. The minimum Gasteiger partial charge on any atom is -0.497 e. The van der Waals surface area contributed by atoms with Crippen molar-refractivity contribution in [2.45, 2.75) is 19.3 Å². The lowest BCUT2D eigenvalue weighted by molar-refractivity contribution is -0.121. The van der Waals surface area contributed by atoms with Gasteiger partial charge in [0.15, 0.2) is 0 Å². The summed E-state index contributed by atoms with van der Waals surface area (Å²) in [6.45, 7) is 0.610. The first-order chi connectivity index (χ1) is 8.70. The van der Waals surface area contributed by atoms with Crippen LogP contribution >= 0.6 is 0 Å². The van der Waals surface area contributed by atoms with Crippen molar-refractivity contribution in [3.05, 3.63) is 18.3 Å². The summed E-state index contributed by atoms with van der Waals surface area (Å²) < 4.78 is 10.1. The number of ether oxygens (including phenoxy) is 2. The Morgan fingerprint density at radius 2 is 2.28 bits per heavy atom. The monoisotopic (exact) mass is 250 g/mol. The summed E-state index contributed by atoms with van der Waals surface area (Å²) in [5.74, 6) is 1.24. The molecule has 0 aliphatic heterocycles. The van der Waals surface area contributed by atoms with Crippen molar-refractivity contribution in [3.63, 3.8) is 0 Å². The zero-order chi connectivity index (χ0) is 13.0. The molecular formula is C13H18N2O3. The predicted molar refractivity (Wildman–Crippen MR) is 67.6 cm³/mol. The van der Waals surface area contributed by atoms with E-state index in [2.05, 4.69) is 10.3 Å². The number of nitrogens with one attached hydrogen (secondary N) is 1. The van der Waals surface area contributed by atoms with Gasteiger partial charge in [-0.25, -0.2) is 4.98 Å². The van der Waals surface area contributed by atoms with Crippen LogP contribution in [0.2, 0.25) is 0 Å². The van der Waals surface area contributed by atoms with Gasteiger partial charge in [-0.2, -0.15) is 0 Å². The van der Waals surface area contributed by atoms with Crippen LogP contribution < -0.4 is 10.1 Å². The molecule has 5 heteroatoms. The lowest BCUT2D eigenvalue weighted by Gasteiger charge is -2.14. The van der Waals surface area contributed by atoms with Gasteiger partial charge in [0, 0.05) is 26.0 Å². The molecule has 1 aliphatic carbocycles. The van der Waals surface area contributed by atoms with Crippen LogP contribution in [0.25, 0.3) is 0 Å². The molecule has 0 saturated heterocycles. The number of hydrogen-bond acceptors (Lipinski definition) is 4. The van der Waals surface area contributed by atoms with Crippen LogP contribution in [0.1, 0.15) is 19.3 Å². The molecule has 0 bridgehead atoms. The zero-order valence-electron chi connectivity index (χ0n) is 10.7. The molecule has 0 spiro atoms. The number of nitrogens with zero attached hydrogens (tertiary/aromatic N) is 1. The molecule has 0 aromatic carbocycles. The van der Waals surface area contributed by atoms with Gasteiger partial charge < -0.3 is 14.8 Å². The Morgan fingerprint density at radius 3 is 2.89 bits per heavy atom. The van der Waals surface area contributed by atoms with Crippen LogP contribution in [-0.2, 0) is 9.53 Å². The van der Waals surface area contributed by atoms with Gasteiger partial charge in [-0.1, -0.05) is 0 Å². The van der Waals surface area contributed by atoms with E-state index < -0.39 is 0 Å². The molecule has 18 heavy (non-hydrogen) atoms. The van der Waals surface area contributed by atoms with Gasteiger partial charge in [0.2, 0.25) is 5.91 Å². The van der Waals surface area contributed by atoms with Crippen molar-refractivity contribution in [1.82, 2.24) is 4.98 Å². The number of methoxy groups -OCH3 is 2. The summed E-state index contributed by atoms with van der Waals surface area (Å²) in [4.78, 5) is 16.3. The van der Waals surface area contributed by atoms with Gasteiger partial charge in [-0.3, -0.25) is 4.79 Å². The first kappa shape index (κ1) is 12.8. The van der Waals surface area contributed by atoms with Gasteiger partial charge in [0.05, 0.1) is 12.5 Å². The third-order valence-electron chi connectivity index (χ3n) is 3.33. The van der Waals surface area contributed by atoms with Crippen molar-refractivity contribution in [2.75, 3.05) is 26.1 Å². The van der Waals surface area contributed by atoms with Crippen LogP contribution in [0.4, 0.5) is 5.82 Å². The molecule has 1 N–H and O–H groups in total. The summed E-state index contributed by atoms with van der Waals surface area (Å²) in [5.41, 5.74) is -0.249. The van der Waals surface area contributed by atoms with Gasteiger partial charge in [-0.05, 0) is 25.3 Å². The second-order valence-corrected chi connectivity index (χ2v) is 4.56. The second kappa shape index (κ2) is 5.35. The smallest absolute Gasteiger partial charge is 0.231 e. The van der Waals surface area contributed by atoms with Crippen LogP contribution in [0, 0.1) is 5.41 Å². The maximum atomic E-state index is 12.2.